The van der Waals surface area contributed by atoms with E-state index in [9.17, 15) is 28.8 Å². The molecule has 18 heteroatoms. The Morgan fingerprint density at radius 2 is 1.41 bits per heavy atom. The zero-order valence-corrected chi connectivity index (χ0v) is 36.3. The van der Waals surface area contributed by atoms with Gasteiger partial charge in [0.1, 0.15) is 36.0 Å². The van der Waals surface area contributed by atoms with Gasteiger partial charge in [0.25, 0.3) is 5.91 Å². The molecule has 5 amide bonds. The highest BCUT2D eigenvalue weighted by molar-refractivity contribution is 6.00. The van der Waals surface area contributed by atoms with Crippen molar-refractivity contribution >= 4 is 46.1 Å². The van der Waals surface area contributed by atoms with Crippen LogP contribution in [0.4, 0.5) is 10.1 Å². The highest BCUT2D eigenvalue weighted by Crippen LogP contribution is 2.42. The molecule has 0 aliphatic carbocycles. The molecule has 0 bridgehead atoms. The molecule has 61 heavy (non-hydrogen) atoms. The lowest BCUT2D eigenvalue weighted by Crippen LogP contribution is -2.57. The largest absolute Gasteiger partial charge is 0.487 e. The van der Waals surface area contributed by atoms with Gasteiger partial charge >= 0.3 is 0 Å². The number of nitrogens with zero attached hydrogens (tertiary/aromatic N) is 3. The average Bonchev–Trinajstić information content (AvgIpc) is 3.22. The number of halogens is 1. The number of primary amides is 1. The number of nitrogens with two attached hydrogens (primary N) is 3. The van der Waals surface area contributed by atoms with Crippen molar-refractivity contribution in [2.24, 2.45) is 17.2 Å². The SMILES string of the molecule is CCC[C@H](NC(=O)[C@H](CCN)NC(=O)[C@H](CCN)NC(=O)CCCCCCCCCCCNC(=O)c1cn2c3c(c(N4CCN(C)CC4)c(F)cc3c1=O)OC[C@@H]2C)C(N)=O. The standard InChI is InChI=1S/C43H69FN10O7/c1-4-14-32(40(47)57)50-43(60)34(17-19-46)51-42(59)33(16-18-45)49-35(55)15-12-10-8-6-5-7-9-11-13-20-48-41(58)30-26-54-28(2)27-61-39-36(54)29(38(30)56)25-31(44)37(39)53-23-21-52(3)22-24-53/h25-26,28,32-34H,4-24,27,45-46H2,1-3H3,(H2,47,57)(H,48,58)(H,49,55)(H,50,60)(H,51,59)/t28-,32-,33-,34-/m0/s1. The summed E-state index contributed by atoms with van der Waals surface area (Å²) >= 11 is 0. The van der Waals surface area contributed by atoms with Crippen molar-refractivity contribution < 1.29 is 33.1 Å². The average molecular weight is 857 g/mol. The summed E-state index contributed by atoms with van der Waals surface area (Å²) in [5.74, 6) is -2.69. The topological polar surface area (TPSA) is 249 Å². The first kappa shape index (κ1) is 48.9. The number of benzene rings is 1. The Labute approximate surface area is 358 Å². The molecule has 4 rings (SSSR count). The lowest BCUT2D eigenvalue weighted by molar-refractivity contribution is -0.133. The van der Waals surface area contributed by atoms with E-state index in [1.807, 2.05) is 30.4 Å². The smallest absolute Gasteiger partial charge is 0.256 e. The van der Waals surface area contributed by atoms with Gasteiger partial charge in [0.05, 0.1) is 16.9 Å². The van der Waals surface area contributed by atoms with Crippen LogP contribution in [0.25, 0.3) is 10.9 Å². The molecule has 0 radical (unpaired) electrons. The number of piperazine rings is 1. The number of hydrogen-bond donors (Lipinski definition) is 7. The third-order valence-electron chi connectivity index (χ3n) is 11.5. The minimum Gasteiger partial charge on any atom is -0.487 e. The van der Waals surface area contributed by atoms with Gasteiger partial charge in [0, 0.05) is 45.3 Å². The summed E-state index contributed by atoms with van der Waals surface area (Å²) in [4.78, 5) is 81.3. The molecule has 2 aliphatic rings. The number of amides is 5. The molecule has 1 saturated heterocycles. The fourth-order valence-corrected chi connectivity index (χ4v) is 7.90. The van der Waals surface area contributed by atoms with Gasteiger partial charge in [0.15, 0.2) is 11.6 Å². The monoisotopic (exact) mass is 857 g/mol. The summed E-state index contributed by atoms with van der Waals surface area (Å²) in [6.45, 7) is 7.66. The van der Waals surface area contributed by atoms with Crippen molar-refractivity contribution in [1.29, 1.82) is 0 Å². The van der Waals surface area contributed by atoms with Crippen molar-refractivity contribution in [2.75, 3.05) is 64.4 Å². The zero-order valence-electron chi connectivity index (χ0n) is 36.3. The predicted molar refractivity (Wildman–Crippen MR) is 234 cm³/mol. The molecule has 10 N–H and O–H groups in total. The molecule has 2 aromatic rings. The van der Waals surface area contributed by atoms with Crippen LogP contribution in [0.15, 0.2) is 17.1 Å². The number of carbonyl (C=O) groups excluding carboxylic acids is 5. The van der Waals surface area contributed by atoms with Gasteiger partial charge in [-0.3, -0.25) is 28.8 Å². The van der Waals surface area contributed by atoms with Crippen molar-refractivity contribution in [1.82, 2.24) is 30.7 Å². The van der Waals surface area contributed by atoms with Gasteiger partial charge in [0.2, 0.25) is 29.1 Å². The summed E-state index contributed by atoms with van der Waals surface area (Å²) in [7, 11) is 2.03. The predicted octanol–water partition coefficient (Wildman–Crippen LogP) is 1.91. The number of hydrogen-bond acceptors (Lipinski definition) is 11. The van der Waals surface area contributed by atoms with Crippen LogP contribution in [-0.4, -0.2) is 117 Å². The van der Waals surface area contributed by atoms with E-state index in [0.29, 0.717) is 62.5 Å². The minimum atomic E-state index is -1.00. The van der Waals surface area contributed by atoms with Crippen molar-refractivity contribution in [3.05, 3.63) is 33.9 Å². The van der Waals surface area contributed by atoms with Gasteiger partial charge in [-0.1, -0.05) is 58.3 Å². The van der Waals surface area contributed by atoms with Crippen LogP contribution in [0.3, 0.4) is 0 Å². The van der Waals surface area contributed by atoms with E-state index in [2.05, 4.69) is 26.2 Å². The number of anilines is 1. The highest BCUT2D eigenvalue weighted by Gasteiger charge is 2.32. The summed E-state index contributed by atoms with van der Waals surface area (Å²) in [5.41, 5.74) is 17.2. The van der Waals surface area contributed by atoms with Crippen molar-refractivity contribution in [3.63, 3.8) is 0 Å². The van der Waals surface area contributed by atoms with E-state index in [0.717, 1.165) is 64.5 Å². The van der Waals surface area contributed by atoms with E-state index in [-0.39, 0.29) is 55.3 Å². The van der Waals surface area contributed by atoms with E-state index in [4.69, 9.17) is 21.9 Å². The number of likely N-dealkylation sites (N-methyl/N-ethyl adjacent to an activating group) is 1. The van der Waals surface area contributed by atoms with Crippen molar-refractivity contribution in [3.8, 4) is 5.75 Å². The Morgan fingerprint density at radius 3 is 2.00 bits per heavy atom. The number of carbonyl (C=O) groups is 5. The summed E-state index contributed by atoms with van der Waals surface area (Å²) < 4.78 is 23.6. The second-order valence-electron chi connectivity index (χ2n) is 16.4. The second kappa shape index (κ2) is 24.6. The second-order valence-corrected chi connectivity index (χ2v) is 16.4. The maximum absolute atomic E-state index is 15.7. The lowest BCUT2D eigenvalue weighted by atomic mass is 10.0. The van der Waals surface area contributed by atoms with Crippen molar-refractivity contribution in [2.45, 2.75) is 128 Å². The summed E-state index contributed by atoms with van der Waals surface area (Å²) in [6, 6.07) is -1.67. The van der Waals surface area contributed by atoms with E-state index in [1.54, 1.807) is 6.20 Å². The molecular weight excluding hydrogens is 788 g/mol. The van der Waals surface area contributed by atoms with Gasteiger partial charge in [-0.25, -0.2) is 4.39 Å². The van der Waals surface area contributed by atoms with Crippen LogP contribution in [-0.2, 0) is 19.2 Å². The molecule has 2 aliphatic heterocycles. The quantitative estimate of drug-likeness (QED) is 0.0674. The molecule has 1 aromatic carbocycles. The normalized spacial score (nSPS) is 16.6. The molecule has 0 spiro atoms. The van der Waals surface area contributed by atoms with E-state index < -0.39 is 53.0 Å². The summed E-state index contributed by atoms with van der Waals surface area (Å²) in [5, 5.41) is 11.0. The molecule has 0 unspecified atom stereocenters. The molecule has 4 atom stereocenters. The molecule has 1 fully saturated rings. The van der Waals surface area contributed by atoms with Crippen LogP contribution in [0, 0.1) is 5.82 Å². The van der Waals surface area contributed by atoms with Crippen LogP contribution in [0.1, 0.15) is 120 Å². The number of nitrogens with one attached hydrogen (secondary N) is 4. The number of rotatable bonds is 26. The Morgan fingerprint density at radius 1 is 0.836 bits per heavy atom. The first-order valence-corrected chi connectivity index (χ1v) is 22.2. The van der Waals surface area contributed by atoms with Gasteiger partial charge < -0.3 is 57.6 Å². The summed E-state index contributed by atoms with van der Waals surface area (Å²) in [6.07, 6.45) is 11.4. The Hall–Kier alpha value is -4.81. The fraction of sp³-hybridized carbons (Fsp3) is 0.674. The Kier molecular flexibility index (Phi) is 19.7. The van der Waals surface area contributed by atoms with Gasteiger partial charge in [-0.05, 0) is 65.2 Å². The first-order chi connectivity index (χ1) is 29.3. The van der Waals surface area contributed by atoms with Crippen LogP contribution in [0.2, 0.25) is 0 Å². The third kappa shape index (κ3) is 13.8. The molecule has 340 valence electrons. The number of aromatic nitrogens is 1. The van der Waals surface area contributed by atoms with E-state index in [1.165, 1.54) is 6.07 Å². The molecule has 1 aromatic heterocycles. The Balaban J connectivity index is 1.12. The van der Waals surface area contributed by atoms with E-state index >= 15 is 4.39 Å². The highest BCUT2D eigenvalue weighted by atomic mass is 19.1. The molecular formula is C43H69FN10O7. The van der Waals surface area contributed by atoms with Gasteiger partial charge in [-0.15, -0.1) is 0 Å². The maximum Gasteiger partial charge on any atom is 0.256 e. The van der Waals surface area contributed by atoms with Crippen LogP contribution < -0.4 is 53.5 Å². The van der Waals surface area contributed by atoms with Gasteiger partial charge in [-0.2, -0.15) is 0 Å². The van der Waals surface area contributed by atoms with Crippen LogP contribution in [0.5, 0.6) is 5.75 Å². The maximum atomic E-state index is 15.7. The first-order valence-electron chi connectivity index (χ1n) is 22.2. The number of pyridine rings is 1. The number of ether oxygens (including phenoxy) is 1. The third-order valence-corrected chi connectivity index (χ3v) is 11.5. The lowest BCUT2D eigenvalue weighted by Gasteiger charge is -2.37. The molecule has 0 saturated carbocycles. The number of unbranched alkanes of at least 4 members (excludes halogenated alkanes) is 8. The molecule has 3 heterocycles. The fourth-order valence-electron chi connectivity index (χ4n) is 7.90. The molecule has 17 nitrogen and oxygen atoms in total. The van der Waals surface area contributed by atoms with Crippen LogP contribution >= 0.6 is 0 Å². The Bertz CT molecular complexity index is 1870. The minimum absolute atomic E-state index is 0.00480. The zero-order chi connectivity index (χ0) is 44.5.